The molecule has 0 radical (unpaired) electrons. The summed E-state index contributed by atoms with van der Waals surface area (Å²) < 4.78 is 0. The van der Waals surface area contributed by atoms with Gasteiger partial charge in [0.2, 0.25) is 0 Å². The molecule has 0 N–H and O–H groups in total. The van der Waals surface area contributed by atoms with Gasteiger partial charge in [0, 0.05) is 41.7 Å². The van der Waals surface area contributed by atoms with E-state index >= 15 is 0 Å². The fourth-order valence-corrected chi connectivity index (χ4v) is 0.354. The van der Waals surface area contributed by atoms with E-state index in [4.69, 9.17) is 0 Å². The van der Waals surface area contributed by atoms with Gasteiger partial charge in [-0.1, -0.05) is 33.1 Å². The second kappa shape index (κ2) is 9.62. The van der Waals surface area contributed by atoms with Crippen molar-refractivity contribution in [2.45, 2.75) is 33.1 Å². The quantitative estimate of drug-likeness (QED) is 0.658. The van der Waals surface area contributed by atoms with E-state index in [0.717, 1.165) is 0 Å². The standard InChI is InChI=1S/C5H12.Ce/c1-3-5-4-2;/h3-5H2,1-2H3;. The Labute approximate surface area is 74.1 Å². The van der Waals surface area contributed by atoms with Crippen molar-refractivity contribution in [3.63, 3.8) is 0 Å². The SMILES string of the molecule is CCCCC.[Ce]. The minimum atomic E-state index is 0. The van der Waals surface area contributed by atoms with Gasteiger partial charge in [-0.2, -0.15) is 0 Å². The van der Waals surface area contributed by atoms with E-state index in [2.05, 4.69) is 13.8 Å². The number of rotatable bonds is 2. The molecule has 0 amide bonds. The minimum absolute atomic E-state index is 0. The molecule has 0 spiro atoms. The predicted molar refractivity (Wildman–Crippen MR) is 25.2 cm³/mol. The number of hydrogen-bond acceptors (Lipinski definition) is 0. The maximum Gasteiger partial charge on any atom is 0 e. The van der Waals surface area contributed by atoms with Crippen molar-refractivity contribution in [1.82, 2.24) is 0 Å². The van der Waals surface area contributed by atoms with Crippen molar-refractivity contribution in [2.24, 2.45) is 0 Å². The molecule has 0 saturated carbocycles. The van der Waals surface area contributed by atoms with Crippen molar-refractivity contribution < 1.29 is 41.7 Å². The Kier molecular flexibility index (Phi) is 16.6. The molecule has 0 saturated heterocycles. The summed E-state index contributed by atoms with van der Waals surface area (Å²) in [4.78, 5) is 0. The molecule has 6 heavy (non-hydrogen) atoms. The molecule has 0 atom stereocenters. The van der Waals surface area contributed by atoms with Gasteiger partial charge in [-0.25, -0.2) is 0 Å². The van der Waals surface area contributed by atoms with Gasteiger partial charge in [-0.3, -0.25) is 0 Å². The normalized spacial score (nSPS) is 7.00. The molecule has 1 heteroatoms. The molecule has 0 aliphatic carbocycles. The van der Waals surface area contributed by atoms with E-state index in [1.54, 1.807) is 0 Å². The van der Waals surface area contributed by atoms with E-state index in [-0.39, 0.29) is 41.7 Å². The van der Waals surface area contributed by atoms with Crippen LogP contribution in [0.4, 0.5) is 0 Å². The van der Waals surface area contributed by atoms with Gasteiger partial charge in [-0.15, -0.1) is 0 Å². The van der Waals surface area contributed by atoms with E-state index in [1.807, 2.05) is 0 Å². The molecule has 0 aromatic heterocycles. The van der Waals surface area contributed by atoms with Gasteiger partial charge in [-0.05, 0) is 0 Å². The first-order valence-electron chi connectivity index (χ1n) is 2.41. The van der Waals surface area contributed by atoms with Gasteiger partial charge in [0.25, 0.3) is 0 Å². The molecule has 0 rings (SSSR count). The van der Waals surface area contributed by atoms with Gasteiger partial charge in [0.05, 0.1) is 0 Å². The van der Waals surface area contributed by atoms with Gasteiger partial charge in [0.15, 0.2) is 0 Å². The molecular weight excluding hydrogens is 200 g/mol. The average molecular weight is 212 g/mol. The predicted octanol–water partition coefficient (Wildman–Crippen LogP) is 2.20. The first kappa shape index (κ1) is 10.4. The Morgan fingerprint density at radius 1 is 1.00 bits per heavy atom. The smallest absolute Gasteiger partial charge is 0 e. The Hall–Kier alpha value is 1.38. The molecule has 0 aliphatic rings. The summed E-state index contributed by atoms with van der Waals surface area (Å²) in [5, 5.41) is 0. The van der Waals surface area contributed by atoms with Gasteiger partial charge >= 0.3 is 0 Å². The van der Waals surface area contributed by atoms with Crippen molar-refractivity contribution in [1.29, 1.82) is 0 Å². The summed E-state index contributed by atoms with van der Waals surface area (Å²) in [6.07, 6.45) is 4.08. The summed E-state index contributed by atoms with van der Waals surface area (Å²) in [6.45, 7) is 4.42. The van der Waals surface area contributed by atoms with Crippen molar-refractivity contribution in [3.05, 3.63) is 0 Å². The fourth-order valence-electron chi connectivity index (χ4n) is 0.354. The maximum atomic E-state index is 2.21. The van der Waals surface area contributed by atoms with Crippen LogP contribution in [0.15, 0.2) is 0 Å². The second-order valence-electron chi connectivity index (χ2n) is 1.35. The molecule has 0 bridgehead atoms. The monoisotopic (exact) mass is 212 g/mol. The van der Waals surface area contributed by atoms with Crippen LogP contribution in [0.25, 0.3) is 0 Å². The molecule has 36 valence electrons. The van der Waals surface area contributed by atoms with Crippen molar-refractivity contribution in [2.75, 3.05) is 0 Å². The van der Waals surface area contributed by atoms with Crippen LogP contribution in [0.5, 0.6) is 0 Å². The maximum absolute atomic E-state index is 2.21. The van der Waals surface area contributed by atoms with Crippen molar-refractivity contribution >= 4 is 0 Å². The van der Waals surface area contributed by atoms with Crippen LogP contribution in [-0.4, -0.2) is 0 Å². The third-order valence-electron chi connectivity index (χ3n) is 0.707. The zero-order valence-corrected chi connectivity index (χ0v) is 7.76. The molecule has 0 aromatic carbocycles. The average Bonchev–Trinajstić information content (AvgIpc) is 1.41. The van der Waals surface area contributed by atoms with Crippen LogP contribution in [0.2, 0.25) is 0 Å². The van der Waals surface area contributed by atoms with E-state index < -0.39 is 0 Å². The van der Waals surface area contributed by atoms with Gasteiger partial charge < -0.3 is 0 Å². The van der Waals surface area contributed by atoms with Crippen molar-refractivity contribution in [3.8, 4) is 0 Å². The first-order valence-corrected chi connectivity index (χ1v) is 2.41. The molecule has 0 unspecified atom stereocenters. The Balaban J connectivity index is 0. The second-order valence-corrected chi connectivity index (χ2v) is 1.35. The summed E-state index contributed by atoms with van der Waals surface area (Å²) in [7, 11) is 0. The molecule has 0 fully saturated rings. The van der Waals surface area contributed by atoms with E-state index in [1.165, 1.54) is 19.3 Å². The Morgan fingerprint density at radius 3 is 1.33 bits per heavy atom. The molecular formula is C5H12Ce. The summed E-state index contributed by atoms with van der Waals surface area (Å²) in [6, 6.07) is 0. The van der Waals surface area contributed by atoms with E-state index in [0.29, 0.717) is 0 Å². The summed E-state index contributed by atoms with van der Waals surface area (Å²) in [5.74, 6) is 0. The molecule has 0 aromatic rings. The molecule has 0 heterocycles. The first-order chi connectivity index (χ1) is 2.41. The number of hydrogen-bond donors (Lipinski definition) is 0. The fraction of sp³-hybridized carbons (Fsp3) is 1.00. The summed E-state index contributed by atoms with van der Waals surface area (Å²) >= 11 is 0. The van der Waals surface area contributed by atoms with Crippen LogP contribution in [-0.2, 0) is 0 Å². The van der Waals surface area contributed by atoms with Crippen LogP contribution in [0, 0.1) is 41.7 Å². The Bertz CT molecular complexity index is 11.4. The third kappa shape index (κ3) is 9.03. The van der Waals surface area contributed by atoms with Crippen LogP contribution in [0.1, 0.15) is 33.1 Å². The van der Waals surface area contributed by atoms with Crippen LogP contribution < -0.4 is 0 Å². The minimum Gasteiger partial charge on any atom is -0.0654 e. The third-order valence-corrected chi connectivity index (χ3v) is 0.707. The largest absolute Gasteiger partial charge is 0.0654 e. The van der Waals surface area contributed by atoms with Crippen LogP contribution in [0.3, 0.4) is 0 Å². The topological polar surface area (TPSA) is 0 Å². The van der Waals surface area contributed by atoms with E-state index in [9.17, 15) is 0 Å². The Morgan fingerprint density at radius 2 is 1.33 bits per heavy atom. The summed E-state index contributed by atoms with van der Waals surface area (Å²) in [5.41, 5.74) is 0. The number of unbranched alkanes of at least 4 members (excludes halogenated alkanes) is 2. The molecule has 0 nitrogen and oxygen atoms in total. The van der Waals surface area contributed by atoms with Gasteiger partial charge in [0.1, 0.15) is 0 Å². The van der Waals surface area contributed by atoms with Crippen LogP contribution >= 0.6 is 0 Å². The zero-order valence-electron chi connectivity index (χ0n) is 4.62. The zero-order chi connectivity index (χ0) is 4.12. The molecule has 0 aliphatic heterocycles.